The maximum absolute atomic E-state index is 12.7. The fraction of sp³-hybridized carbons (Fsp3) is 0.500. The van der Waals surface area contributed by atoms with Gasteiger partial charge in [-0.2, -0.15) is 0 Å². The van der Waals surface area contributed by atoms with Crippen LogP contribution in [0.15, 0.2) is 42.5 Å². The Hall–Kier alpha value is -1.13. The molecule has 5 atom stereocenters. The number of rotatable bonds is 6. The molecule has 0 spiro atoms. The number of aliphatic hydroxyl groups is 1. The molecule has 0 heterocycles. The molecule has 2 aliphatic rings. The number of carbonyl (C=O) groups is 1. The van der Waals surface area contributed by atoms with E-state index in [1.54, 1.807) is 0 Å². The first-order chi connectivity index (χ1) is 10.7. The molecule has 1 amide bonds. The van der Waals surface area contributed by atoms with E-state index in [0.29, 0.717) is 24.2 Å². The SMILES string of the molecule is O=C(N[C@H](CO)Cc1ccccc1)[C@@H]1[C@H](CBr)[C@H]2C=C[C@@H]1C2. The van der Waals surface area contributed by atoms with Crippen LogP contribution in [0.5, 0.6) is 0 Å². The number of aliphatic hydroxyl groups excluding tert-OH is 1. The van der Waals surface area contributed by atoms with Gasteiger partial charge >= 0.3 is 0 Å². The molecule has 2 bridgehead atoms. The zero-order chi connectivity index (χ0) is 15.5. The molecule has 0 radical (unpaired) electrons. The lowest BCUT2D eigenvalue weighted by atomic mass is 9.83. The van der Waals surface area contributed by atoms with Crippen LogP contribution in [-0.2, 0) is 11.2 Å². The highest BCUT2D eigenvalue weighted by molar-refractivity contribution is 9.09. The summed E-state index contributed by atoms with van der Waals surface area (Å²) in [5, 5.41) is 13.5. The van der Waals surface area contributed by atoms with Gasteiger partial charge in [0.2, 0.25) is 5.91 Å². The van der Waals surface area contributed by atoms with Crippen LogP contribution in [0.3, 0.4) is 0 Å². The molecule has 3 nitrogen and oxygen atoms in total. The van der Waals surface area contributed by atoms with Crippen LogP contribution in [0.1, 0.15) is 12.0 Å². The van der Waals surface area contributed by atoms with E-state index >= 15 is 0 Å². The van der Waals surface area contributed by atoms with E-state index in [0.717, 1.165) is 17.3 Å². The Morgan fingerprint density at radius 3 is 2.68 bits per heavy atom. The molecule has 22 heavy (non-hydrogen) atoms. The van der Waals surface area contributed by atoms with Crippen LogP contribution in [0, 0.1) is 23.7 Å². The van der Waals surface area contributed by atoms with Gasteiger partial charge in [-0.3, -0.25) is 4.79 Å². The van der Waals surface area contributed by atoms with E-state index in [1.807, 2.05) is 30.3 Å². The summed E-state index contributed by atoms with van der Waals surface area (Å²) in [4.78, 5) is 12.7. The number of hydrogen-bond acceptors (Lipinski definition) is 2. The average Bonchev–Trinajstić information content (AvgIpc) is 3.15. The topological polar surface area (TPSA) is 49.3 Å². The maximum Gasteiger partial charge on any atom is 0.224 e. The van der Waals surface area contributed by atoms with Crippen LogP contribution in [0.2, 0.25) is 0 Å². The van der Waals surface area contributed by atoms with Crippen LogP contribution >= 0.6 is 15.9 Å². The Morgan fingerprint density at radius 2 is 2.00 bits per heavy atom. The third kappa shape index (κ3) is 3.13. The van der Waals surface area contributed by atoms with Crippen LogP contribution in [0.4, 0.5) is 0 Å². The number of allylic oxidation sites excluding steroid dienone is 2. The molecule has 0 saturated heterocycles. The molecule has 1 fully saturated rings. The molecular formula is C18H22BrNO2. The number of halogens is 1. The molecule has 2 N–H and O–H groups in total. The molecular weight excluding hydrogens is 342 g/mol. The second-order valence-corrected chi connectivity index (χ2v) is 7.02. The van der Waals surface area contributed by atoms with Gasteiger partial charge < -0.3 is 10.4 Å². The molecule has 3 rings (SSSR count). The highest BCUT2D eigenvalue weighted by Crippen LogP contribution is 2.48. The first kappa shape index (κ1) is 15.8. The van der Waals surface area contributed by atoms with E-state index in [9.17, 15) is 9.90 Å². The summed E-state index contributed by atoms with van der Waals surface area (Å²) in [6.07, 6.45) is 6.21. The van der Waals surface area contributed by atoms with E-state index < -0.39 is 0 Å². The van der Waals surface area contributed by atoms with Gasteiger partial charge in [0.25, 0.3) is 0 Å². The summed E-state index contributed by atoms with van der Waals surface area (Å²) in [5.41, 5.74) is 1.13. The highest BCUT2D eigenvalue weighted by Gasteiger charge is 2.47. The van der Waals surface area contributed by atoms with Crippen molar-refractivity contribution in [2.45, 2.75) is 18.9 Å². The number of carbonyl (C=O) groups excluding carboxylic acids is 1. The Morgan fingerprint density at radius 1 is 1.27 bits per heavy atom. The van der Waals surface area contributed by atoms with Crippen LogP contribution in [-0.4, -0.2) is 29.0 Å². The first-order valence-corrected chi connectivity index (χ1v) is 9.04. The van der Waals surface area contributed by atoms with Crippen LogP contribution in [0.25, 0.3) is 0 Å². The van der Waals surface area contributed by atoms with Gasteiger partial charge in [-0.15, -0.1) is 0 Å². The van der Waals surface area contributed by atoms with Gasteiger partial charge in [-0.1, -0.05) is 58.4 Å². The number of hydrogen-bond donors (Lipinski definition) is 2. The van der Waals surface area contributed by atoms with Crippen molar-refractivity contribution < 1.29 is 9.90 Å². The summed E-state index contributed by atoms with van der Waals surface area (Å²) < 4.78 is 0. The van der Waals surface area contributed by atoms with Gasteiger partial charge in [-0.05, 0) is 36.2 Å². The predicted molar refractivity (Wildman–Crippen MR) is 90.7 cm³/mol. The molecule has 2 aliphatic carbocycles. The van der Waals surface area contributed by atoms with Crippen molar-refractivity contribution in [2.75, 3.05) is 11.9 Å². The average molecular weight is 364 g/mol. The Labute approximate surface area is 139 Å². The molecule has 0 aliphatic heterocycles. The summed E-state index contributed by atoms with van der Waals surface area (Å²) >= 11 is 3.56. The fourth-order valence-electron chi connectivity index (χ4n) is 3.88. The van der Waals surface area contributed by atoms with E-state index in [-0.39, 0.29) is 24.5 Å². The molecule has 118 valence electrons. The smallest absolute Gasteiger partial charge is 0.224 e. The Balaban J connectivity index is 1.64. The quantitative estimate of drug-likeness (QED) is 0.602. The van der Waals surface area contributed by atoms with Gasteiger partial charge in [0.1, 0.15) is 0 Å². The molecule has 0 unspecified atom stereocenters. The van der Waals surface area contributed by atoms with Gasteiger partial charge in [0.15, 0.2) is 0 Å². The van der Waals surface area contributed by atoms with E-state index in [2.05, 4.69) is 33.4 Å². The molecule has 1 aromatic rings. The lowest BCUT2D eigenvalue weighted by Crippen LogP contribution is -2.45. The highest BCUT2D eigenvalue weighted by atomic mass is 79.9. The number of amides is 1. The summed E-state index contributed by atoms with van der Waals surface area (Å²) in [5.74, 6) is 1.41. The van der Waals surface area contributed by atoms with Crippen molar-refractivity contribution in [3.8, 4) is 0 Å². The third-order valence-corrected chi connectivity index (χ3v) is 5.74. The minimum Gasteiger partial charge on any atom is -0.394 e. The first-order valence-electron chi connectivity index (χ1n) is 7.92. The predicted octanol–water partition coefficient (Wildman–Crippen LogP) is 2.54. The molecule has 1 aromatic carbocycles. The molecule has 0 aromatic heterocycles. The van der Waals surface area contributed by atoms with Crippen molar-refractivity contribution in [1.29, 1.82) is 0 Å². The van der Waals surface area contributed by atoms with Crippen molar-refractivity contribution in [3.05, 3.63) is 48.0 Å². The largest absolute Gasteiger partial charge is 0.394 e. The van der Waals surface area contributed by atoms with E-state index in [1.165, 1.54) is 0 Å². The van der Waals surface area contributed by atoms with Crippen molar-refractivity contribution in [2.24, 2.45) is 23.7 Å². The minimum absolute atomic E-state index is 0.0315. The van der Waals surface area contributed by atoms with Crippen LogP contribution < -0.4 is 5.32 Å². The minimum atomic E-state index is -0.214. The third-order valence-electron chi connectivity index (χ3n) is 4.99. The molecule has 4 heteroatoms. The summed E-state index contributed by atoms with van der Waals surface area (Å²) in [6, 6.07) is 9.76. The summed E-state index contributed by atoms with van der Waals surface area (Å²) in [6.45, 7) is -0.0315. The van der Waals surface area contributed by atoms with E-state index in [4.69, 9.17) is 0 Å². The second kappa shape index (κ2) is 6.97. The lowest BCUT2D eigenvalue weighted by molar-refractivity contribution is -0.128. The zero-order valence-electron chi connectivity index (χ0n) is 12.5. The van der Waals surface area contributed by atoms with Crippen molar-refractivity contribution in [3.63, 3.8) is 0 Å². The van der Waals surface area contributed by atoms with Gasteiger partial charge in [0.05, 0.1) is 12.6 Å². The second-order valence-electron chi connectivity index (χ2n) is 6.37. The van der Waals surface area contributed by atoms with Gasteiger partial charge in [-0.25, -0.2) is 0 Å². The van der Waals surface area contributed by atoms with Crippen molar-refractivity contribution >= 4 is 21.8 Å². The number of nitrogens with one attached hydrogen (secondary N) is 1. The standard InChI is InChI=1S/C18H22BrNO2/c19-10-16-13-6-7-14(9-13)17(16)18(22)20-15(11-21)8-12-4-2-1-3-5-12/h1-7,13-17,21H,8-11H2,(H,20,22)/t13-,14+,15-,16+,17-/m0/s1. The Kier molecular flexibility index (Phi) is 4.99. The zero-order valence-corrected chi connectivity index (χ0v) is 14.1. The summed E-state index contributed by atoms with van der Waals surface area (Å²) in [7, 11) is 0. The number of fused-ring (bicyclic) bond motifs is 2. The normalized spacial score (nSPS) is 30.5. The number of alkyl halides is 1. The fourth-order valence-corrected chi connectivity index (χ4v) is 4.76. The monoisotopic (exact) mass is 363 g/mol. The lowest BCUT2D eigenvalue weighted by Gasteiger charge is -2.27. The molecule has 1 saturated carbocycles. The van der Waals surface area contributed by atoms with Gasteiger partial charge in [0, 0.05) is 11.2 Å². The maximum atomic E-state index is 12.7. The Bertz CT molecular complexity index is 545. The van der Waals surface area contributed by atoms with Crippen molar-refractivity contribution in [1.82, 2.24) is 5.32 Å². The number of benzene rings is 1.